The lowest BCUT2D eigenvalue weighted by molar-refractivity contribution is -0.146. The molecule has 0 atom stereocenters. The van der Waals surface area contributed by atoms with Gasteiger partial charge in [0.05, 0.1) is 24.7 Å². The average molecular weight is 527 g/mol. The number of aryl methyl sites for hydroxylation is 1. The van der Waals surface area contributed by atoms with Crippen molar-refractivity contribution in [3.8, 4) is 0 Å². The second-order valence-electron chi connectivity index (χ2n) is 7.18. The van der Waals surface area contributed by atoms with Crippen LogP contribution in [0.2, 0.25) is 5.02 Å². The molecular weight excluding hydrogens is 507 g/mol. The summed E-state index contributed by atoms with van der Waals surface area (Å²) in [6.45, 7) is 1.45. The number of ether oxygens (including phenoxy) is 1. The number of rotatable bonds is 8. The largest absolute Gasteiger partial charge is 0.391 e. The van der Waals surface area contributed by atoms with E-state index in [-0.39, 0.29) is 12.4 Å². The predicted molar refractivity (Wildman–Crippen MR) is 124 cm³/mol. The molecule has 0 saturated heterocycles. The van der Waals surface area contributed by atoms with Gasteiger partial charge in [0, 0.05) is 32.5 Å². The van der Waals surface area contributed by atoms with Crippen LogP contribution in [0.15, 0.2) is 65.1 Å². The summed E-state index contributed by atoms with van der Waals surface area (Å²) < 4.78 is 43.0. The number of ketones is 1. The van der Waals surface area contributed by atoms with Crippen LogP contribution in [0.25, 0.3) is 0 Å². The topological polar surface area (TPSA) is 38.3 Å². The number of carbonyl (C=O) groups is 1. The van der Waals surface area contributed by atoms with Crippen LogP contribution in [0, 0.1) is 6.92 Å². The van der Waals surface area contributed by atoms with Gasteiger partial charge in [0.25, 0.3) is 0 Å². The van der Waals surface area contributed by atoms with Gasteiger partial charge in [0.1, 0.15) is 0 Å². The van der Waals surface area contributed by atoms with Gasteiger partial charge in [-0.2, -0.15) is 13.2 Å². The molecule has 0 heterocycles. The summed E-state index contributed by atoms with van der Waals surface area (Å²) in [6.07, 6.45) is -5.26. The standard InChI is InChI=1S/C24H20BrClF3NO2/c1-15-4-2-3-5-19(15)23(31)20-8-7-18(13-21(20)26)30-22-9-6-17(25)12-16(22)14-32-11-10-24(27,28)29/h2-9,12-13,30H,10-11,14H2,1H3. The van der Waals surface area contributed by atoms with Gasteiger partial charge in [-0.15, -0.1) is 0 Å². The number of carbonyl (C=O) groups excluding carboxylic acids is 1. The summed E-state index contributed by atoms with van der Waals surface area (Å²) in [7, 11) is 0. The Balaban J connectivity index is 1.75. The van der Waals surface area contributed by atoms with Gasteiger partial charge >= 0.3 is 6.18 Å². The molecular formula is C24H20BrClF3NO2. The fourth-order valence-electron chi connectivity index (χ4n) is 3.08. The molecule has 0 saturated carbocycles. The second-order valence-corrected chi connectivity index (χ2v) is 8.51. The average Bonchev–Trinajstić information content (AvgIpc) is 2.72. The summed E-state index contributed by atoms with van der Waals surface area (Å²) in [4.78, 5) is 12.9. The van der Waals surface area contributed by atoms with Crippen molar-refractivity contribution in [2.75, 3.05) is 11.9 Å². The van der Waals surface area contributed by atoms with Gasteiger partial charge in [-0.3, -0.25) is 4.79 Å². The minimum Gasteiger partial charge on any atom is -0.376 e. The molecule has 32 heavy (non-hydrogen) atoms. The first kappa shape index (κ1) is 24.3. The maximum atomic E-state index is 12.9. The maximum absolute atomic E-state index is 12.9. The highest BCUT2D eigenvalue weighted by molar-refractivity contribution is 9.10. The SMILES string of the molecule is Cc1ccccc1C(=O)c1ccc(Nc2ccc(Br)cc2COCCC(F)(F)F)cc1Cl. The highest BCUT2D eigenvalue weighted by atomic mass is 79.9. The smallest absolute Gasteiger partial charge is 0.376 e. The predicted octanol–water partition coefficient (Wildman–Crippen LogP) is 7.85. The Morgan fingerprint density at radius 3 is 2.50 bits per heavy atom. The summed E-state index contributed by atoms with van der Waals surface area (Å²) >= 11 is 9.77. The molecule has 0 aromatic heterocycles. The lowest BCUT2D eigenvalue weighted by atomic mass is 9.99. The lowest BCUT2D eigenvalue weighted by Crippen LogP contribution is -2.11. The Morgan fingerprint density at radius 2 is 1.81 bits per heavy atom. The summed E-state index contributed by atoms with van der Waals surface area (Å²) in [5.41, 5.74) is 3.81. The number of benzene rings is 3. The Labute approximate surface area is 197 Å². The van der Waals surface area contributed by atoms with E-state index in [1.54, 1.807) is 48.5 Å². The van der Waals surface area contributed by atoms with Gasteiger partial charge in [-0.1, -0.05) is 51.8 Å². The first-order valence-corrected chi connectivity index (χ1v) is 10.9. The van der Waals surface area contributed by atoms with Crippen molar-refractivity contribution in [2.24, 2.45) is 0 Å². The highest BCUT2D eigenvalue weighted by Crippen LogP contribution is 2.29. The number of hydrogen-bond donors (Lipinski definition) is 1. The van der Waals surface area contributed by atoms with Crippen molar-refractivity contribution in [3.63, 3.8) is 0 Å². The van der Waals surface area contributed by atoms with Crippen LogP contribution in [0.5, 0.6) is 0 Å². The van der Waals surface area contributed by atoms with Crippen molar-refractivity contribution in [1.82, 2.24) is 0 Å². The van der Waals surface area contributed by atoms with E-state index in [4.69, 9.17) is 16.3 Å². The second kappa shape index (κ2) is 10.5. The Bertz CT molecular complexity index is 1120. The lowest BCUT2D eigenvalue weighted by Gasteiger charge is -2.15. The van der Waals surface area contributed by atoms with Crippen LogP contribution < -0.4 is 5.32 Å². The zero-order chi connectivity index (χ0) is 23.3. The highest BCUT2D eigenvalue weighted by Gasteiger charge is 2.26. The molecule has 3 rings (SSSR count). The van der Waals surface area contributed by atoms with Crippen molar-refractivity contribution in [3.05, 3.63) is 92.4 Å². The quantitative estimate of drug-likeness (QED) is 0.240. The van der Waals surface area contributed by atoms with E-state index in [9.17, 15) is 18.0 Å². The molecule has 3 aromatic carbocycles. The van der Waals surface area contributed by atoms with Crippen LogP contribution in [0.3, 0.4) is 0 Å². The number of alkyl halides is 3. The van der Waals surface area contributed by atoms with E-state index >= 15 is 0 Å². The van der Waals surface area contributed by atoms with E-state index in [2.05, 4.69) is 21.2 Å². The number of halogens is 5. The number of anilines is 2. The van der Waals surface area contributed by atoms with Crippen LogP contribution in [-0.2, 0) is 11.3 Å². The Hall–Kier alpha value is -2.35. The molecule has 0 unspecified atom stereocenters. The number of hydrogen-bond acceptors (Lipinski definition) is 3. The molecule has 0 amide bonds. The molecule has 0 spiro atoms. The van der Waals surface area contributed by atoms with Gasteiger partial charge < -0.3 is 10.1 Å². The van der Waals surface area contributed by atoms with Gasteiger partial charge in [0.15, 0.2) is 5.78 Å². The van der Waals surface area contributed by atoms with Crippen LogP contribution in [-0.4, -0.2) is 18.6 Å². The molecule has 0 fully saturated rings. The molecule has 0 aliphatic rings. The Kier molecular flexibility index (Phi) is 7.98. The molecule has 0 bridgehead atoms. The van der Waals surface area contributed by atoms with Crippen molar-refractivity contribution in [2.45, 2.75) is 26.1 Å². The third-order valence-corrected chi connectivity index (χ3v) is 5.54. The van der Waals surface area contributed by atoms with Gasteiger partial charge in [-0.25, -0.2) is 0 Å². The van der Waals surface area contributed by atoms with E-state index in [0.717, 1.165) is 10.0 Å². The van der Waals surface area contributed by atoms with Gasteiger partial charge in [-0.05, 0) is 48.9 Å². The normalized spacial score (nSPS) is 11.4. The van der Waals surface area contributed by atoms with Crippen LogP contribution >= 0.6 is 27.5 Å². The summed E-state index contributed by atoms with van der Waals surface area (Å²) in [6, 6.07) is 17.7. The van der Waals surface area contributed by atoms with E-state index in [0.29, 0.717) is 33.1 Å². The third kappa shape index (κ3) is 6.58. The zero-order valence-electron chi connectivity index (χ0n) is 17.1. The maximum Gasteiger partial charge on any atom is 0.391 e. The molecule has 168 valence electrons. The van der Waals surface area contributed by atoms with Crippen LogP contribution in [0.4, 0.5) is 24.5 Å². The van der Waals surface area contributed by atoms with E-state index in [1.807, 2.05) is 19.1 Å². The third-order valence-electron chi connectivity index (χ3n) is 4.74. The summed E-state index contributed by atoms with van der Waals surface area (Å²) in [5.74, 6) is -0.165. The van der Waals surface area contributed by atoms with E-state index in [1.165, 1.54) is 0 Å². The minimum absolute atomic E-state index is 0.00936. The molecule has 0 aliphatic heterocycles. The first-order valence-electron chi connectivity index (χ1n) is 9.74. The monoisotopic (exact) mass is 525 g/mol. The summed E-state index contributed by atoms with van der Waals surface area (Å²) in [5, 5.41) is 3.49. The fraction of sp³-hybridized carbons (Fsp3) is 0.208. The minimum atomic E-state index is -4.26. The molecule has 0 radical (unpaired) electrons. The molecule has 3 aromatic rings. The molecule has 3 nitrogen and oxygen atoms in total. The number of nitrogens with one attached hydrogen (secondary N) is 1. The van der Waals surface area contributed by atoms with E-state index < -0.39 is 19.2 Å². The van der Waals surface area contributed by atoms with Crippen LogP contribution in [0.1, 0.15) is 33.5 Å². The molecule has 8 heteroatoms. The zero-order valence-corrected chi connectivity index (χ0v) is 19.4. The Morgan fingerprint density at radius 1 is 1.06 bits per heavy atom. The van der Waals surface area contributed by atoms with Crippen molar-refractivity contribution < 1.29 is 22.7 Å². The molecule has 0 aliphatic carbocycles. The van der Waals surface area contributed by atoms with Crippen molar-refractivity contribution >= 4 is 44.7 Å². The van der Waals surface area contributed by atoms with Gasteiger partial charge in [0.2, 0.25) is 0 Å². The molecule has 1 N–H and O–H groups in total. The fourth-order valence-corrected chi connectivity index (χ4v) is 3.75. The first-order chi connectivity index (χ1) is 15.1. The van der Waals surface area contributed by atoms with Crippen molar-refractivity contribution in [1.29, 1.82) is 0 Å².